The van der Waals surface area contributed by atoms with Crippen molar-refractivity contribution in [1.82, 2.24) is 9.91 Å². The first-order valence-electron chi connectivity index (χ1n) is 6.94. The Kier molecular flexibility index (Phi) is 2.71. The summed E-state index contributed by atoms with van der Waals surface area (Å²) < 4.78 is 5.42. The van der Waals surface area contributed by atoms with Crippen molar-refractivity contribution in [1.29, 1.82) is 0 Å². The number of rotatable bonds is 1. The molecule has 4 rings (SSSR count). The van der Waals surface area contributed by atoms with E-state index in [9.17, 15) is 4.79 Å². The lowest BCUT2D eigenvalue weighted by molar-refractivity contribution is 0.0372. The van der Waals surface area contributed by atoms with E-state index in [2.05, 4.69) is 15.0 Å². The molecule has 3 heterocycles. The topological polar surface area (TPSA) is 48.4 Å². The molecule has 6 heteroatoms. The van der Waals surface area contributed by atoms with Crippen LogP contribution in [0, 0.1) is 0 Å². The fourth-order valence-electron chi connectivity index (χ4n) is 2.93. The van der Waals surface area contributed by atoms with Crippen LogP contribution in [0.5, 0.6) is 0 Å². The summed E-state index contributed by atoms with van der Waals surface area (Å²) in [6, 6.07) is 7.75. The van der Waals surface area contributed by atoms with Crippen molar-refractivity contribution in [2.75, 3.05) is 44.4 Å². The molecule has 0 unspecified atom stereocenters. The van der Waals surface area contributed by atoms with Crippen LogP contribution in [0.25, 0.3) is 0 Å². The number of para-hydroxylation sites is 1. The molecule has 0 bridgehead atoms. The first kappa shape index (κ1) is 11.9. The molecular weight excluding hydrogens is 256 g/mol. The van der Waals surface area contributed by atoms with Gasteiger partial charge in [-0.15, -0.1) is 0 Å². The summed E-state index contributed by atoms with van der Waals surface area (Å²) >= 11 is 0. The molecule has 0 radical (unpaired) electrons. The molecule has 0 aromatic heterocycles. The number of amides is 1. The molecule has 0 spiro atoms. The molecule has 20 heavy (non-hydrogen) atoms. The SMILES string of the molecule is O=C1c2ccccc2N(N2CCOCC2)C2=NCCN12. The lowest BCUT2D eigenvalue weighted by atomic mass is 10.1. The normalized spacial score (nSPS) is 22.6. The Morgan fingerprint density at radius 2 is 1.90 bits per heavy atom. The fraction of sp³-hybridized carbons (Fsp3) is 0.429. The van der Waals surface area contributed by atoms with Crippen molar-refractivity contribution in [3.63, 3.8) is 0 Å². The molecule has 3 aliphatic heterocycles. The van der Waals surface area contributed by atoms with Crippen molar-refractivity contribution in [2.45, 2.75) is 0 Å². The standard InChI is InChI=1S/C14H16N4O2/c19-13-11-3-1-2-4-12(11)18(14-15-5-6-17(13)14)16-7-9-20-10-8-16/h1-4H,5-10H2. The maximum absolute atomic E-state index is 12.5. The average molecular weight is 272 g/mol. The van der Waals surface area contributed by atoms with Gasteiger partial charge in [-0.2, -0.15) is 0 Å². The Hall–Kier alpha value is -1.92. The molecule has 1 aromatic carbocycles. The second kappa shape index (κ2) is 4.57. The van der Waals surface area contributed by atoms with Crippen LogP contribution in [0.4, 0.5) is 5.69 Å². The molecule has 0 aliphatic carbocycles. The zero-order valence-corrected chi connectivity index (χ0v) is 11.2. The van der Waals surface area contributed by atoms with Crippen LogP contribution in [0.1, 0.15) is 10.4 Å². The predicted octanol–water partition coefficient (Wildman–Crippen LogP) is 0.566. The number of anilines is 1. The number of fused-ring (bicyclic) bond motifs is 2. The average Bonchev–Trinajstić information content (AvgIpc) is 2.98. The molecule has 0 atom stereocenters. The molecule has 3 aliphatic rings. The Labute approximate surface area is 117 Å². The van der Waals surface area contributed by atoms with Gasteiger partial charge in [0.15, 0.2) is 0 Å². The minimum atomic E-state index is 0.0568. The number of aliphatic imine (C=N–C) groups is 1. The van der Waals surface area contributed by atoms with Gasteiger partial charge in [0.2, 0.25) is 5.96 Å². The summed E-state index contributed by atoms with van der Waals surface area (Å²) in [7, 11) is 0. The number of benzene rings is 1. The number of guanidine groups is 1. The van der Waals surface area contributed by atoms with Gasteiger partial charge >= 0.3 is 0 Å². The molecule has 1 saturated heterocycles. The first-order valence-corrected chi connectivity index (χ1v) is 6.94. The number of ether oxygens (including phenoxy) is 1. The highest BCUT2D eigenvalue weighted by Gasteiger charge is 2.39. The van der Waals surface area contributed by atoms with E-state index in [4.69, 9.17) is 4.74 Å². The zero-order valence-electron chi connectivity index (χ0n) is 11.2. The van der Waals surface area contributed by atoms with Gasteiger partial charge in [0, 0.05) is 19.6 Å². The lowest BCUT2D eigenvalue weighted by Gasteiger charge is -2.43. The molecular formula is C14H16N4O2. The quantitative estimate of drug-likeness (QED) is 0.750. The van der Waals surface area contributed by atoms with Crippen molar-refractivity contribution in [3.05, 3.63) is 29.8 Å². The molecule has 6 nitrogen and oxygen atoms in total. The third kappa shape index (κ3) is 1.65. The second-order valence-corrected chi connectivity index (χ2v) is 5.03. The van der Waals surface area contributed by atoms with Crippen LogP contribution in [0.2, 0.25) is 0 Å². The summed E-state index contributed by atoms with van der Waals surface area (Å²) in [5, 5.41) is 4.30. The van der Waals surface area contributed by atoms with Gasteiger partial charge in [0.1, 0.15) is 0 Å². The van der Waals surface area contributed by atoms with Crippen molar-refractivity contribution in [2.24, 2.45) is 4.99 Å². The zero-order chi connectivity index (χ0) is 13.5. The van der Waals surface area contributed by atoms with Crippen LogP contribution in [0.3, 0.4) is 0 Å². The highest BCUT2D eigenvalue weighted by Crippen LogP contribution is 2.31. The fourth-order valence-corrected chi connectivity index (χ4v) is 2.93. The van der Waals surface area contributed by atoms with E-state index in [1.807, 2.05) is 24.3 Å². The smallest absolute Gasteiger partial charge is 0.262 e. The van der Waals surface area contributed by atoms with Gasteiger partial charge in [0.05, 0.1) is 31.0 Å². The number of morpholine rings is 1. The van der Waals surface area contributed by atoms with E-state index in [1.54, 1.807) is 4.90 Å². The highest BCUT2D eigenvalue weighted by atomic mass is 16.5. The first-order chi connectivity index (χ1) is 9.86. The number of hydrazine groups is 1. The van der Waals surface area contributed by atoms with Crippen LogP contribution in [-0.2, 0) is 4.74 Å². The minimum Gasteiger partial charge on any atom is -0.379 e. The Bertz CT molecular complexity index is 580. The minimum absolute atomic E-state index is 0.0568. The van der Waals surface area contributed by atoms with E-state index in [0.29, 0.717) is 26.3 Å². The molecule has 1 aromatic rings. The number of carbonyl (C=O) groups excluding carboxylic acids is 1. The summed E-state index contributed by atoms with van der Waals surface area (Å²) in [5.41, 5.74) is 1.68. The van der Waals surface area contributed by atoms with Crippen LogP contribution in [0.15, 0.2) is 29.3 Å². The van der Waals surface area contributed by atoms with Crippen LogP contribution < -0.4 is 5.01 Å². The summed E-state index contributed by atoms with van der Waals surface area (Å²) in [4.78, 5) is 18.8. The van der Waals surface area contributed by atoms with E-state index >= 15 is 0 Å². The van der Waals surface area contributed by atoms with Crippen LogP contribution in [-0.4, -0.2) is 61.2 Å². The third-order valence-corrected chi connectivity index (χ3v) is 3.89. The number of hydrogen-bond acceptors (Lipinski definition) is 5. The van der Waals surface area contributed by atoms with E-state index < -0.39 is 0 Å². The maximum atomic E-state index is 12.5. The van der Waals surface area contributed by atoms with Gasteiger partial charge in [-0.1, -0.05) is 12.1 Å². The largest absolute Gasteiger partial charge is 0.379 e. The van der Waals surface area contributed by atoms with Gasteiger partial charge in [0.25, 0.3) is 5.91 Å². The van der Waals surface area contributed by atoms with E-state index in [1.165, 1.54) is 0 Å². The van der Waals surface area contributed by atoms with Crippen molar-refractivity contribution >= 4 is 17.6 Å². The van der Waals surface area contributed by atoms with Gasteiger partial charge in [-0.25, -0.2) is 15.0 Å². The summed E-state index contributed by atoms with van der Waals surface area (Å²) in [5.74, 6) is 0.817. The van der Waals surface area contributed by atoms with E-state index in [-0.39, 0.29) is 5.91 Å². The second-order valence-electron chi connectivity index (χ2n) is 5.03. The lowest BCUT2D eigenvalue weighted by Crippen LogP contribution is -2.59. The third-order valence-electron chi connectivity index (χ3n) is 3.89. The molecule has 0 saturated carbocycles. The Balaban J connectivity index is 1.82. The molecule has 1 amide bonds. The van der Waals surface area contributed by atoms with Crippen molar-refractivity contribution < 1.29 is 9.53 Å². The van der Waals surface area contributed by atoms with Crippen LogP contribution >= 0.6 is 0 Å². The van der Waals surface area contributed by atoms with Gasteiger partial charge in [-0.05, 0) is 12.1 Å². The maximum Gasteiger partial charge on any atom is 0.262 e. The highest BCUT2D eigenvalue weighted by molar-refractivity contribution is 6.18. The Morgan fingerprint density at radius 1 is 1.10 bits per heavy atom. The Morgan fingerprint density at radius 3 is 2.75 bits per heavy atom. The van der Waals surface area contributed by atoms with Gasteiger partial charge < -0.3 is 4.74 Å². The van der Waals surface area contributed by atoms with Gasteiger partial charge in [-0.3, -0.25) is 9.69 Å². The van der Waals surface area contributed by atoms with E-state index in [0.717, 1.165) is 30.3 Å². The number of carbonyl (C=O) groups is 1. The monoisotopic (exact) mass is 272 g/mol. The molecule has 0 N–H and O–H groups in total. The molecule has 1 fully saturated rings. The molecule has 104 valence electrons. The van der Waals surface area contributed by atoms with Crippen molar-refractivity contribution in [3.8, 4) is 0 Å². The summed E-state index contributed by atoms with van der Waals surface area (Å²) in [6.45, 7) is 4.39. The summed E-state index contributed by atoms with van der Waals surface area (Å²) in [6.07, 6.45) is 0. The number of hydrogen-bond donors (Lipinski definition) is 0. The predicted molar refractivity (Wildman–Crippen MR) is 74.7 cm³/mol. The number of nitrogens with zero attached hydrogens (tertiary/aromatic N) is 4.